The lowest BCUT2D eigenvalue weighted by atomic mass is 9.64. The number of carbonyl (C=O) groups is 9. The lowest BCUT2D eigenvalue weighted by Crippen LogP contribution is -2.80. The van der Waals surface area contributed by atoms with Crippen molar-refractivity contribution in [3.05, 3.63) is 48.6 Å². The summed E-state index contributed by atoms with van der Waals surface area (Å²) in [6.45, 7) is 10.8. The quantitative estimate of drug-likeness (QED) is 0.0385. The van der Waals surface area contributed by atoms with Gasteiger partial charge in [-0.1, -0.05) is 68.9 Å². The van der Waals surface area contributed by atoms with E-state index in [4.69, 9.17) is 42.1 Å². The second-order valence-corrected chi connectivity index (χ2v) is 26.0. The van der Waals surface area contributed by atoms with Gasteiger partial charge in [0.15, 0.2) is 28.2 Å². The summed E-state index contributed by atoms with van der Waals surface area (Å²) in [6.07, 6.45) is 26.8. The SMILES string of the molecule is CCC[C@H]1C(=O)N[C@@]2([C@H](O)[C@@H]3C=CCCC3)C(=O)O[C@@]12C.CC[C@@H]1C(=O)N[C@]2(C(O)[C@H]3C=CCCC3)C(=O)O[C@]12C.C[C@@]12OC(=O)[C@]1([C@@H](O)[C@@H]1C=CCCC1)NC(=O)[C@@H]2CCCl.C[C@]12OC(=O)[C@@]1(C(=O)[C@H]1C=CCCC1)NC(=O)[C@H]2CCCl. The number of ether oxygens (including phenoxy) is 4. The molecule has 456 valence electrons. The highest BCUT2D eigenvalue weighted by molar-refractivity contribution is 6.21. The molecule has 0 aromatic heterocycles. The maximum absolute atomic E-state index is 12.9. The summed E-state index contributed by atoms with van der Waals surface area (Å²) >= 11 is 11.5. The molecule has 4 amide bonds. The van der Waals surface area contributed by atoms with Gasteiger partial charge in [0.1, 0.15) is 0 Å². The van der Waals surface area contributed by atoms with Gasteiger partial charge in [0.05, 0.1) is 42.0 Å². The molecule has 12 rings (SSSR count). The number of amides is 4. The summed E-state index contributed by atoms with van der Waals surface area (Å²) in [7, 11) is 0. The van der Waals surface area contributed by atoms with E-state index in [0.29, 0.717) is 38.0 Å². The van der Waals surface area contributed by atoms with Crippen LogP contribution in [0.2, 0.25) is 0 Å². The van der Waals surface area contributed by atoms with E-state index in [9.17, 15) is 58.5 Å². The van der Waals surface area contributed by atoms with E-state index >= 15 is 0 Å². The van der Waals surface area contributed by atoms with E-state index in [-0.39, 0.29) is 70.8 Å². The van der Waals surface area contributed by atoms with Crippen molar-refractivity contribution >= 4 is 76.5 Å². The first-order chi connectivity index (χ1) is 39.4. The first kappa shape index (κ1) is 62.4. The molecule has 1 unspecified atom stereocenters. The Labute approximate surface area is 494 Å². The van der Waals surface area contributed by atoms with Crippen LogP contribution >= 0.6 is 23.2 Å². The second-order valence-electron chi connectivity index (χ2n) is 25.2. The molecule has 8 fully saturated rings. The molecule has 0 aromatic rings. The number of esters is 4. The fourth-order valence-electron chi connectivity index (χ4n) is 16.0. The van der Waals surface area contributed by atoms with Crippen LogP contribution in [0.1, 0.15) is 151 Å². The van der Waals surface area contributed by atoms with Gasteiger partial charge >= 0.3 is 23.9 Å². The van der Waals surface area contributed by atoms with E-state index in [1.165, 1.54) is 0 Å². The first-order valence-electron chi connectivity index (χ1n) is 30.0. The van der Waals surface area contributed by atoms with Crippen LogP contribution in [0.5, 0.6) is 0 Å². The molecule has 12 aliphatic rings. The molecule has 0 aromatic carbocycles. The Hall–Kier alpha value is -5.15. The maximum Gasteiger partial charge on any atom is 0.344 e. The molecular weight excluding hydrogens is 1120 g/mol. The van der Waals surface area contributed by atoms with Crippen LogP contribution in [0.15, 0.2) is 48.6 Å². The zero-order chi connectivity index (χ0) is 60.3. The third kappa shape index (κ3) is 9.07. The summed E-state index contributed by atoms with van der Waals surface area (Å²) in [5.41, 5.74) is -9.37. The van der Waals surface area contributed by atoms with Gasteiger partial charge in [0.25, 0.3) is 0 Å². The lowest BCUT2D eigenvalue weighted by molar-refractivity contribution is -0.239. The largest absolute Gasteiger partial charge is 0.453 e. The number of alkyl halides is 2. The molecule has 8 heterocycles. The van der Waals surface area contributed by atoms with Crippen LogP contribution in [-0.2, 0) is 62.1 Å². The number of nitrogens with one attached hydrogen (secondary N) is 4. The number of allylic oxidation sites excluding steroid dienone is 5. The summed E-state index contributed by atoms with van der Waals surface area (Å²) in [5.74, 6) is -5.31. The zero-order valence-corrected chi connectivity index (χ0v) is 49.8. The van der Waals surface area contributed by atoms with Gasteiger partial charge in [0.2, 0.25) is 45.8 Å². The van der Waals surface area contributed by atoms with Gasteiger partial charge in [-0.3, -0.25) is 24.0 Å². The highest BCUT2D eigenvalue weighted by Crippen LogP contribution is 2.57. The van der Waals surface area contributed by atoms with E-state index in [1.807, 2.05) is 62.5 Å². The minimum absolute atomic E-state index is 0.105. The third-order valence-electron chi connectivity index (χ3n) is 20.9. The molecule has 4 aliphatic carbocycles. The Kier molecular flexibility index (Phi) is 17.5. The fourth-order valence-corrected chi connectivity index (χ4v) is 16.4. The van der Waals surface area contributed by atoms with Gasteiger partial charge in [-0.05, 0) is 130 Å². The van der Waals surface area contributed by atoms with E-state index < -0.39 is 98.6 Å². The van der Waals surface area contributed by atoms with Gasteiger partial charge in [-0.2, -0.15) is 0 Å². The highest BCUT2D eigenvalue weighted by atomic mass is 35.5. The van der Waals surface area contributed by atoms with Crippen LogP contribution in [0, 0.1) is 47.3 Å². The van der Waals surface area contributed by atoms with E-state index in [2.05, 4.69) is 21.3 Å². The average Bonchev–Trinajstić information content (AvgIpc) is 1.68. The van der Waals surface area contributed by atoms with Crippen molar-refractivity contribution < 1.29 is 77.4 Å². The molecule has 20 nitrogen and oxygen atoms in total. The van der Waals surface area contributed by atoms with Crippen molar-refractivity contribution in [1.82, 2.24) is 21.3 Å². The zero-order valence-electron chi connectivity index (χ0n) is 48.3. The molecule has 83 heavy (non-hydrogen) atoms. The Morgan fingerprint density at radius 2 is 0.831 bits per heavy atom. The number of Topliss-reactive ketones (excluding diaryl/α,β-unsaturated/α-hetero) is 1. The molecule has 7 N–H and O–H groups in total. The van der Waals surface area contributed by atoms with Crippen LogP contribution in [0.3, 0.4) is 0 Å². The summed E-state index contributed by atoms with van der Waals surface area (Å²) in [4.78, 5) is 110. The van der Waals surface area contributed by atoms with Gasteiger partial charge in [-0.25, -0.2) is 19.2 Å². The number of fused-ring (bicyclic) bond motifs is 4. The monoisotopic (exact) mass is 1200 g/mol. The number of hydrogen-bond acceptors (Lipinski definition) is 16. The molecular formula is C61H82Cl2N4O16. The number of aliphatic hydroxyl groups is 3. The van der Waals surface area contributed by atoms with Gasteiger partial charge in [0, 0.05) is 35.4 Å². The smallest absolute Gasteiger partial charge is 0.344 e. The third-order valence-corrected chi connectivity index (χ3v) is 21.4. The van der Waals surface area contributed by atoms with Crippen LogP contribution in [-0.4, -0.2) is 143 Å². The van der Waals surface area contributed by atoms with Crippen molar-refractivity contribution in [1.29, 1.82) is 0 Å². The number of hydrogen-bond donors (Lipinski definition) is 7. The molecule has 8 saturated heterocycles. The van der Waals surface area contributed by atoms with E-state index in [0.717, 1.165) is 77.0 Å². The van der Waals surface area contributed by atoms with Crippen LogP contribution in [0.4, 0.5) is 0 Å². The van der Waals surface area contributed by atoms with Gasteiger partial charge in [-0.15, -0.1) is 23.2 Å². The van der Waals surface area contributed by atoms with Crippen molar-refractivity contribution in [3.8, 4) is 0 Å². The topological polar surface area (TPSA) is 299 Å². The molecule has 0 bridgehead atoms. The average molecular weight is 1200 g/mol. The van der Waals surface area contributed by atoms with Crippen molar-refractivity contribution in [2.45, 2.75) is 214 Å². The molecule has 22 heteroatoms. The minimum Gasteiger partial charge on any atom is -0.453 e. The van der Waals surface area contributed by atoms with Crippen molar-refractivity contribution in [2.24, 2.45) is 47.3 Å². The standard InChI is InChI=1S/C16H23NO4.C15H20ClNO4.C15H18ClNO4.C15H21NO4/c1-3-7-11-13(19)17-16(14(20)21-15(11,16)2)12(18)10-8-5-4-6-9-10;2*1-14-10(7-8-16)12(19)17-15(14,13(20)21-14)11(18)9-5-3-2-4-6-9;1-3-10-12(18)16-15(13(19)20-14(10,15)2)11(17)9-7-5-4-6-8-9/h5,8,10-12,18H,3-4,6-7,9H2,1-2H3,(H,17,19);3,5,9-11,18H,2,4,6-8H2,1H3,(H,17,19);3,5,9-10H,2,4,6-8H2,1H3,(H,17,19);5,7,9-11,17H,3-4,6,8H2,1-2H3,(H,16,18)/t10-,11+,12-,15+,16+;9-,10+,11+,14+,15+;9-,10+,14+,15+;9-,10+,11?,14+,15+/m1100/s1. The van der Waals surface area contributed by atoms with Crippen molar-refractivity contribution in [3.63, 3.8) is 0 Å². The predicted octanol–water partition coefficient (Wildman–Crippen LogP) is 4.69. The molecule has 0 radical (unpaired) electrons. The number of rotatable bonds is 15. The molecule has 0 saturated carbocycles. The molecule has 0 spiro atoms. The molecule has 8 aliphatic heterocycles. The summed E-state index contributed by atoms with van der Waals surface area (Å²) in [5, 5.41) is 43.3. The maximum atomic E-state index is 12.9. The van der Waals surface area contributed by atoms with Crippen LogP contribution < -0.4 is 21.3 Å². The summed E-state index contributed by atoms with van der Waals surface area (Å²) in [6, 6.07) is 0. The predicted molar refractivity (Wildman–Crippen MR) is 300 cm³/mol. The highest BCUT2D eigenvalue weighted by Gasteiger charge is 2.83. The normalized spacial score (nSPS) is 42.7. The van der Waals surface area contributed by atoms with Gasteiger partial charge < -0.3 is 55.5 Å². The van der Waals surface area contributed by atoms with E-state index in [1.54, 1.807) is 27.7 Å². The Morgan fingerprint density at radius 3 is 1.16 bits per heavy atom. The number of carbonyl (C=O) groups excluding carboxylic acids is 9. The summed E-state index contributed by atoms with van der Waals surface area (Å²) < 4.78 is 21.3. The Morgan fingerprint density at radius 1 is 0.494 bits per heavy atom. The van der Waals surface area contributed by atoms with Crippen LogP contribution in [0.25, 0.3) is 0 Å². The Bertz CT molecular complexity index is 2680. The minimum atomic E-state index is -1.52. The number of halogens is 2. The number of aliphatic hydroxyl groups excluding tert-OH is 3. The Balaban J connectivity index is 0.000000133. The van der Waals surface area contributed by atoms with Crippen molar-refractivity contribution in [2.75, 3.05) is 11.8 Å². The first-order valence-corrected chi connectivity index (χ1v) is 31.0. The second kappa shape index (κ2) is 23.3. The molecule has 19 atom stereocenters. The lowest BCUT2D eigenvalue weighted by Gasteiger charge is -2.54. The number of ketones is 1. The fraction of sp³-hybridized carbons (Fsp3) is 0.721.